The van der Waals surface area contributed by atoms with Crippen LogP contribution in [0.4, 0.5) is 0 Å². The van der Waals surface area contributed by atoms with E-state index in [1.54, 1.807) is 0 Å². The van der Waals surface area contributed by atoms with Crippen LogP contribution in [0.2, 0.25) is 0 Å². The first-order chi connectivity index (χ1) is 5.27. The van der Waals surface area contributed by atoms with Crippen LogP contribution in [-0.2, 0) is 0 Å². The Balaban J connectivity index is 2.17. The highest BCUT2D eigenvalue weighted by atomic mass is 32.2. The third kappa shape index (κ3) is 2.88. The molecule has 1 fully saturated rings. The Kier molecular flexibility index (Phi) is 3.46. The molecule has 0 aromatic rings. The van der Waals surface area contributed by atoms with E-state index in [1.165, 1.54) is 18.6 Å². The maximum absolute atomic E-state index is 3.68. The summed E-state index contributed by atoms with van der Waals surface area (Å²) < 4.78 is 0.503. The maximum atomic E-state index is 3.68. The minimum Gasteiger partial charge on any atom is -0.312 e. The molecule has 0 amide bonds. The predicted octanol–water partition coefficient (Wildman–Crippen LogP) is 2.05. The van der Waals surface area contributed by atoms with Crippen molar-refractivity contribution < 1.29 is 0 Å². The van der Waals surface area contributed by atoms with Crippen molar-refractivity contribution in [3.8, 4) is 0 Å². The molecule has 1 rings (SSSR count). The van der Waals surface area contributed by atoms with E-state index in [0.717, 1.165) is 13.1 Å². The first kappa shape index (κ1) is 9.14. The lowest BCUT2D eigenvalue weighted by Crippen LogP contribution is -2.32. The van der Waals surface area contributed by atoms with Crippen LogP contribution < -0.4 is 5.32 Å². The van der Waals surface area contributed by atoms with Gasteiger partial charge in [0.15, 0.2) is 0 Å². The molecule has 0 aliphatic carbocycles. The van der Waals surface area contributed by atoms with Crippen molar-refractivity contribution in [3.63, 3.8) is 0 Å². The third-order valence-electron chi connectivity index (χ3n) is 2.09. The molecule has 64 valence electrons. The molecule has 0 aromatic carbocycles. The lowest BCUT2D eigenvalue weighted by Gasteiger charge is -2.22. The molecular formula is C9H17NS. The first-order valence-electron chi connectivity index (χ1n) is 4.22. The van der Waals surface area contributed by atoms with Crippen molar-refractivity contribution >= 4 is 11.8 Å². The van der Waals surface area contributed by atoms with E-state index in [1.807, 2.05) is 6.08 Å². The second-order valence-corrected chi connectivity index (χ2v) is 5.00. The maximum Gasteiger partial charge on any atom is 0.0256 e. The highest BCUT2D eigenvalue weighted by molar-refractivity contribution is 8.00. The first-order valence-corrected chi connectivity index (χ1v) is 5.21. The van der Waals surface area contributed by atoms with E-state index in [0.29, 0.717) is 4.75 Å². The smallest absolute Gasteiger partial charge is 0.0256 e. The van der Waals surface area contributed by atoms with Gasteiger partial charge in [0.05, 0.1) is 0 Å². The minimum absolute atomic E-state index is 0.503. The molecule has 1 saturated heterocycles. The fourth-order valence-electron chi connectivity index (χ4n) is 1.41. The molecule has 0 spiro atoms. The van der Waals surface area contributed by atoms with Gasteiger partial charge in [0.2, 0.25) is 0 Å². The largest absolute Gasteiger partial charge is 0.312 e. The molecule has 1 atom stereocenters. The van der Waals surface area contributed by atoms with Crippen molar-refractivity contribution in [2.24, 2.45) is 0 Å². The highest BCUT2D eigenvalue weighted by Crippen LogP contribution is 2.36. The number of hydrogen-bond donors (Lipinski definition) is 1. The Morgan fingerprint density at radius 2 is 2.55 bits per heavy atom. The fraction of sp³-hybridized carbons (Fsp3) is 0.778. The molecule has 0 saturated carbocycles. The van der Waals surface area contributed by atoms with Crippen LogP contribution in [0.25, 0.3) is 0 Å². The van der Waals surface area contributed by atoms with Crippen LogP contribution in [0.5, 0.6) is 0 Å². The molecule has 0 radical (unpaired) electrons. The molecule has 1 aliphatic rings. The zero-order chi connectivity index (χ0) is 8.16. The van der Waals surface area contributed by atoms with Gasteiger partial charge in [-0.1, -0.05) is 6.08 Å². The van der Waals surface area contributed by atoms with Gasteiger partial charge in [-0.15, -0.1) is 6.58 Å². The lowest BCUT2D eigenvalue weighted by atomic mass is 10.1. The summed E-state index contributed by atoms with van der Waals surface area (Å²) in [5, 5.41) is 3.38. The average Bonchev–Trinajstić information content (AvgIpc) is 2.38. The van der Waals surface area contributed by atoms with Gasteiger partial charge in [-0.3, -0.25) is 0 Å². The third-order valence-corrected chi connectivity index (χ3v) is 3.63. The van der Waals surface area contributed by atoms with Gasteiger partial charge >= 0.3 is 0 Å². The van der Waals surface area contributed by atoms with Crippen LogP contribution in [0.3, 0.4) is 0 Å². The quantitative estimate of drug-likeness (QED) is 0.513. The summed E-state index contributed by atoms with van der Waals surface area (Å²) in [4.78, 5) is 0. The average molecular weight is 171 g/mol. The van der Waals surface area contributed by atoms with E-state index < -0.39 is 0 Å². The van der Waals surface area contributed by atoms with Crippen molar-refractivity contribution in [2.75, 3.05) is 18.8 Å². The van der Waals surface area contributed by atoms with Crippen molar-refractivity contribution in [3.05, 3.63) is 12.7 Å². The van der Waals surface area contributed by atoms with E-state index >= 15 is 0 Å². The molecule has 1 heterocycles. The van der Waals surface area contributed by atoms with Gasteiger partial charge in [-0.25, -0.2) is 0 Å². The molecule has 1 nitrogen and oxygen atoms in total. The standard InChI is InChI=1S/C9H17NS/c1-3-6-10-8-9(2)5-4-7-11-9/h3,10H,1,4-8H2,2H3. The van der Waals surface area contributed by atoms with E-state index in [4.69, 9.17) is 0 Å². The van der Waals surface area contributed by atoms with E-state index in [9.17, 15) is 0 Å². The summed E-state index contributed by atoms with van der Waals surface area (Å²) >= 11 is 2.10. The van der Waals surface area contributed by atoms with Crippen LogP contribution in [0.15, 0.2) is 12.7 Å². The Hall–Kier alpha value is 0.0500. The Morgan fingerprint density at radius 1 is 1.73 bits per heavy atom. The summed E-state index contributed by atoms with van der Waals surface area (Å²) in [6.45, 7) is 8.10. The number of rotatable bonds is 4. The highest BCUT2D eigenvalue weighted by Gasteiger charge is 2.28. The van der Waals surface area contributed by atoms with Crippen LogP contribution >= 0.6 is 11.8 Å². The molecular weight excluding hydrogens is 154 g/mol. The topological polar surface area (TPSA) is 12.0 Å². The summed E-state index contributed by atoms with van der Waals surface area (Å²) in [6.07, 6.45) is 4.67. The van der Waals surface area contributed by atoms with Gasteiger partial charge in [0.25, 0.3) is 0 Å². The number of hydrogen-bond acceptors (Lipinski definition) is 2. The van der Waals surface area contributed by atoms with Gasteiger partial charge in [-0.05, 0) is 25.5 Å². The van der Waals surface area contributed by atoms with Gasteiger partial charge in [0, 0.05) is 17.8 Å². The van der Waals surface area contributed by atoms with E-state index in [-0.39, 0.29) is 0 Å². The Labute approximate surface area is 73.6 Å². The Bertz CT molecular complexity index is 128. The summed E-state index contributed by atoms with van der Waals surface area (Å²) in [5.74, 6) is 1.34. The Morgan fingerprint density at radius 3 is 3.09 bits per heavy atom. The number of nitrogens with one attached hydrogen (secondary N) is 1. The molecule has 2 heteroatoms. The van der Waals surface area contributed by atoms with Crippen LogP contribution in [0, 0.1) is 0 Å². The predicted molar refractivity (Wildman–Crippen MR) is 53.2 cm³/mol. The summed E-state index contributed by atoms with van der Waals surface area (Å²) in [7, 11) is 0. The van der Waals surface area contributed by atoms with Crippen LogP contribution in [0.1, 0.15) is 19.8 Å². The molecule has 11 heavy (non-hydrogen) atoms. The SMILES string of the molecule is C=CCNCC1(C)CCCS1. The zero-order valence-corrected chi connectivity index (χ0v) is 8.04. The molecule has 1 unspecified atom stereocenters. The van der Waals surface area contributed by atoms with Gasteiger partial charge in [-0.2, -0.15) is 11.8 Å². The van der Waals surface area contributed by atoms with Crippen molar-refractivity contribution in [2.45, 2.75) is 24.5 Å². The minimum atomic E-state index is 0.503. The summed E-state index contributed by atoms with van der Waals surface area (Å²) in [6, 6.07) is 0. The van der Waals surface area contributed by atoms with Gasteiger partial charge < -0.3 is 5.32 Å². The van der Waals surface area contributed by atoms with Crippen molar-refractivity contribution in [1.29, 1.82) is 0 Å². The zero-order valence-electron chi connectivity index (χ0n) is 7.23. The van der Waals surface area contributed by atoms with Crippen molar-refractivity contribution in [1.82, 2.24) is 5.32 Å². The molecule has 0 aromatic heterocycles. The molecule has 1 N–H and O–H groups in total. The van der Waals surface area contributed by atoms with Crippen LogP contribution in [-0.4, -0.2) is 23.6 Å². The molecule has 1 aliphatic heterocycles. The van der Waals surface area contributed by atoms with Gasteiger partial charge in [0.1, 0.15) is 0 Å². The monoisotopic (exact) mass is 171 g/mol. The second kappa shape index (κ2) is 4.17. The lowest BCUT2D eigenvalue weighted by molar-refractivity contribution is 0.556. The summed E-state index contributed by atoms with van der Waals surface area (Å²) in [5.41, 5.74) is 0. The normalized spacial score (nSPS) is 30.6. The van der Waals surface area contributed by atoms with E-state index in [2.05, 4.69) is 30.6 Å². The fourth-order valence-corrected chi connectivity index (χ4v) is 2.69. The number of thioether (sulfide) groups is 1. The molecule has 0 bridgehead atoms. The second-order valence-electron chi connectivity index (χ2n) is 3.32.